The Balaban J connectivity index is 2.98. The van der Waals surface area contributed by atoms with Crippen molar-refractivity contribution in [3.63, 3.8) is 0 Å². The summed E-state index contributed by atoms with van der Waals surface area (Å²) >= 11 is 7.70. The number of halogens is 1. The summed E-state index contributed by atoms with van der Waals surface area (Å²) in [5.74, 6) is 0. The lowest BCUT2D eigenvalue weighted by atomic mass is 10.1. The molecule has 74 valence electrons. The van der Waals surface area contributed by atoms with E-state index < -0.39 is 6.10 Å². The van der Waals surface area contributed by atoms with Crippen molar-refractivity contribution >= 4 is 22.9 Å². The minimum absolute atomic E-state index is 0.498. The Labute approximate surface area is 87.5 Å². The van der Waals surface area contributed by atoms with Gasteiger partial charge in [-0.1, -0.05) is 11.6 Å². The van der Waals surface area contributed by atoms with Gasteiger partial charge in [0.25, 0.3) is 0 Å². The summed E-state index contributed by atoms with van der Waals surface area (Å²) in [4.78, 5) is 2.18. The molecule has 0 aliphatic rings. The van der Waals surface area contributed by atoms with Crippen LogP contribution in [0.25, 0.3) is 0 Å². The van der Waals surface area contributed by atoms with E-state index in [0.29, 0.717) is 11.6 Å². The first-order chi connectivity index (χ1) is 6.07. The van der Waals surface area contributed by atoms with E-state index in [1.165, 1.54) is 0 Å². The first-order valence-corrected chi connectivity index (χ1v) is 5.35. The third-order valence-electron chi connectivity index (χ3n) is 1.96. The standard InChI is InChI=1S/C9H14ClNOS/c1-5-8(7(12)4-11-3)9(10)6(2)13-5/h7,11-12H,4H2,1-3H3. The van der Waals surface area contributed by atoms with Crippen molar-refractivity contribution < 1.29 is 5.11 Å². The van der Waals surface area contributed by atoms with Crippen molar-refractivity contribution in [3.8, 4) is 0 Å². The van der Waals surface area contributed by atoms with E-state index in [-0.39, 0.29) is 0 Å². The van der Waals surface area contributed by atoms with Crippen LogP contribution in [0.2, 0.25) is 5.02 Å². The molecule has 13 heavy (non-hydrogen) atoms. The molecule has 0 aliphatic carbocycles. The highest BCUT2D eigenvalue weighted by Crippen LogP contribution is 2.35. The van der Waals surface area contributed by atoms with Gasteiger partial charge in [-0.3, -0.25) is 0 Å². The lowest BCUT2D eigenvalue weighted by Gasteiger charge is -2.10. The van der Waals surface area contributed by atoms with Crippen LogP contribution in [0.4, 0.5) is 0 Å². The summed E-state index contributed by atoms with van der Waals surface area (Å²) in [5, 5.41) is 13.4. The van der Waals surface area contributed by atoms with Gasteiger partial charge in [0.1, 0.15) is 0 Å². The molecule has 0 aliphatic heterocycles. The molecular weight excluding hydrogens is 206 g/mol. The highest BCUT2D eigenvalue weighted by Gasteiger charge is 2.17. The van der Waals surface area contributed by atoms with Crippen molar-refractivity contribution in [2.45, 2.75) is 20.0 Å². The van der Waals surface area contributed by atoms with Crippen LogP contribution < -0.4 is 5.32 Å². The van der Waals surface area contributed by atoms with Crippen molar-refractivity contribution in [2.75, 3.05) is 13.6 Å². The van der Waals surface area contributed by atoms with Crippen LogP contribution in [0.5, 0.6) is 0 Å². The van der Waals surface area contributed by atoms with Crippen LogP contribution in [-0.4, -0.2) is 18.7 Å². The number of likely N-dealkylation sites (N-methyl/N-ethyl adjacent to an activating group) is 1. The van der Waals surface area contributed by atoms with Gasteiger partial charge < -0.3 is 10.4 Å². The first-order valence-electron chi connectivity index (χ1n) is 4.16. The molecule has 1 aromatic rings. The van der Waals surface area contributed by atoms with Gasteiger partial charge in [-0.15, -0.1) is 11.3 Å². The molecule has 1 heterocycles. The van der Waals surface area contributed by atoms with Gasteiger partial charge in [-0.25, -0.2) is 0 Å². The van der Waals surface area contributed by atoms with Gasteiger partial charge in [0.15, 0.2) is 0 Å². The highest BCUT2D eigenvalue weighted by molar-refractivity contribution is 7.12. The Kier molecular flexibility index (Phi) is 3.74. The topological polar surface area (TPSA) is 32.3 Å². The molecule has 0 radical (unpaired) electrons. The largest absolute Gasteiger partial charge is 0.387 e. The number of thiophene rings is 1. The molecule has 2 nitrogen and oxygen atoms in total. The van der Waals surface area contributed by atoms with Crippen LogP contribution in [-0.2, 0) is 0 Å². The lowest BCUT2D eigenvalue weighted by Crippen LogP contribution is -2.17. The minimum Gasteiger partial charge on any atom is -0.387 e. The first kappa shape index (κ1) is 11.0. The average molecular weight is 220 g/mol. The Hall–Kier alpha value is -0.0900. The van der Waals surface area contributed by atoms with E-state index in [1.807, 2.05) is 20.9 Å². The second kappa shape index (κ2) is 4.42. The van der Waals surface area contributed by atoms with Gasteiger partial charge in [-0.05, 0) is 20.9 Å². The molecule has 1 atom stereocenters. The highest BCUT2D eigenvalue weighted by atomic mass is 35.5. The third kappa shape index (κ3) is 2.23. The van der Waals surface area contributed by atoms with Gasteiger partial charge in [-0.2, -0.15) is 0 Å². The van der Waals surface area contributed by atoms with E-state index in [1.54, 1.807) is 11.3 Å². The molecule has 0 spiro atoms. The molecule has 0 bridgehead atoms. The summed E-state index contributed by atoms with van der Waals surface area (Å²) in [6.07, 6.45) is -0.498. The fraction of sp³-hybridized carbons (Fsp3) is 0.556. The zero-order valence-corrected chi connectivity index (χ0v) is 9.59. The molecular formula is C9H14ClNOS. The van der Waals surface area contributed by atoms with Crippen molar-refractivity contribution in [1.29, 1.82) is 0 Å². The van der Waals surface area contributed by atoms with Gasteiger partial charge in [0, 0.05) is 21.9 Å². The number of hydrogen-bond donors (Lipinski definition) is 2. The minimum atomic E-state index is -0.498. The normalized spacial score (nSPS) is 13.3. The number of aryl methyl sites for hydroxylation is 2. The van der Waals surface area contributed by atoms with Gasteiger partial charge in [0.05, 0.1) is 11.1 Å². The molecule has 4 heteroatoms. The van der Waals surface area contributed by atoms with E-state index in [2.05, 4.69) is 5.32 Å². The van der Waals surface area contributed by atoms with Gasteiger partial charge in [0.2, 0.25) is 0 Å². The maximum atomic E-state index is 9.76. The zero-order valence-electron chi connectivity index (χ0n) is 8.02. The van der Waals surface area contributed by atoms with Crippen LogP contribution in [0.3, 0.4) is 0 Å². The van der Waals surface area contributed by atoms with E-state index in [0.717, 1.165) is 15.3 Å². The molecule has 1 aromatic heterocycles. The number of hydrogen-bond acceptors (Lipinski definition) is 3. The number of aliphatic hydroxyl groups is 1. The fourth-order valence-electron chi connectivity index (χ4n) is 1.35. The quantitative estimate of drug-likeness (QED) is 0.818. The van der Waals surface area contributed by atoms with Crippen LogP contribution in [0.1, 0.15) is 21.4 Å². The van der Waals surface area contributed by atoms with Crippen molar-refractivity contribution in [2.24, 2.45) is 0 Å². The van der Waals surface area contributed by atoms with Crippen molar-refractivity contribution in [3.05, 3.63) is 20.3 Å². The molecule has 0 saturated carbocycles. The van der Waals surface area contributed by atoms with Crippen LogP contribution in [0, 0.1) is 13.8 Å². The summed E-state index contributed by atoms with van der Waals surface area (Å²) in [6, 6.07) is 0. The maximum absolute atomic E-state index is 9.76. The zero-order chi connectivity index (χ0) is 10.0. The Morgan fingerprint density at radius 3 is 2.46 bits per heavy atom. The fourth-order valence-corrected chi connectivity index (χ4v) is 2.80. The maximum Gasteiger partial charge on any atom is 0.0939 e. The van der Waals surface area contributed by atoms with Gasteiger partial charge >= 0.3 is 0 Å². The van der Waals surface area contributed by atoms with E-state index in [4.69, 9.17) is 11.6 Å². The predicted octanol–water partition coefficient (Wildman–Crippen LogP) is 2.27. The molecule has 0 amide bonds. The molecule has 0 aromatic carbocycles. The monoisotopic (exact) mass is 219 g/mol. The molecule has 1 rings (SSSR count). The second-order valence-electron chi connectivity index (χ2n) is 3.02. The third-order valence-corrected chi connectivity index (χ3v) is 3.60. The van der Waals surface area contributed by atoms with E-state index >= 15 is 0 Å². The lowest BCUT2D eigenvalue weighted by molar-refractivity contribution is 0.177. The number of aliphatic hydroxyl groups excluding tert-OH is 1. The number of nitrogens with one attached hydrogen (secondary N) is 1. The summed E-state index contributed by atoms with van der Waals surface area (Å²) < 4.78 is 0. The Morgan fingerprint density at radius 2 is 2.08 bits per heavy atom. The van der Waals surface area contributed by atoms with Crippen molar-refractivity contribution in [1.82, 2.24) is 5.32 Å². The summed E-state index contributed by atoms with van der Waals surface area (Å²) in [5.41, 5.74) is 0.874. The summed E-state index contributed by atoms with van der Waals surface area (Å²) in [7, 11) is 1.81. The predicted molar refractivity (Wildman–Crippen MR) is 57.7 cm³/mol. The molecule has 0 saturated heterocycles. The molecule has 2 N–H and O–H groups in total. The van der Waals surface area contributed by atoms with E-state index in [9.17, 15) is 5.11 Å². The van der Waals surface area contributed by atoms with Crippen LogP contribution in [0.15, 0.2) is 0 Å². The summed E-state index contributed by atoms with van der Waals surface area (Å²) in [6.45, 7) is 4.49. The molecule has 0 fully saturated rings. The Bertz CT molecular complexity index is 298. The average Bonchev–Trinajstić information content (AvgIpc) is 2.27. The number of rotatable bonds is 3. The Morgan fingerprint density at radius 1 is 1.46 bits per heavy atom. The molecule has 1 unspecified atom stereocenters. The van der Waals surface area contributed by atoms with Crippen LogP contribution >= 0.6 is 22.9 Å². The second-order valence-corrected chi connectivity index (χ2v) is 4.82. The SMILES string of the molecule is CNCC(O)c1c(C)sc(C)c1Cl. The smallest absolute Gasteiger partial charge is 0.0939 e.